The van der Waals surface area contributed by atoms with Crippen molar-refractivity contribution in [2.75, 3.05) is 13.2 Å². The second kappa shape index (κ2) is 12.3. The fourth-order valence-corrected chi connectivity index (χ4v) is 2.83. The van der Waals surface area contributed by atoms with Crippen LogP contribution in [-0.2, 0) is 16.2 Å². The monoisotopic (exact) mass is 495 g/mol. The molecule has 0 spiro atoms. The standard InChI is InChI=1S/C24H22BrN3O4/c25-20-12-10-18(11-13-20)16-32-22-9-5-4-6-19(22)14-27-28-23(29)15-26-24(30)17-31-21-7-2-1-3-8-21/h1-14H,15-17H2,(H,26,30)(H,28,29). The van der Waals surface area contributed by atoms with Crippen LogP contribution in [0.25, 0.3) is 0 Å². The number of amides is 2. The van der Waals surface area contributed by atoms with Crippen LogP contribution in [0.15, 0.2) is 88.4 Å². The van der Waals surface area contributed by atoms with Gasteiger partial charge in [0, 0.05) is 10.0 Å². The van der Waals surface area contributed by atoms with Crippen LogP contribution >= 0.6 is 15.9 Å². The Hall–Kier alpha value is -3.65. The van der Waals surface area contributed by atoms with Crippen molar-refractivity contribution in [3.8, 4) is 11.5 Å². The lowest BCUT2D eigenvalue weighted by Crippen LogP contribution is -2.37. The number of nitrogens with zero attached hydrogens (tertiary/aromatic N) is 1. The number of hydrogen-bond donors (Lipinski definition) is 2. The Morgan fingerprint density at radius 1 is 0.875 bits per heavy atom. The fraction of sp³-hybridized carbons (Fsp3) is 0.125. The van der Waals surface area contributed by atoms with Crippen LogP contribution in [0.3, 0.4) is 0 Å². The van der Waals surface area contributed by atoms with Crippen molar-refractivity contribution < 1.29 is 19.1 Å². The normalized spacial score (nSPS) is 10.5. The molecule has 2 amide bonds. The maximum Gasteiger partial charge on any atom is 0.259 e. The largest absolute Gasteiger partial charge is 0.488 e. The summed E-state index contributed by atoms with van der Waals surface area (Å²) in [5, 5.41) is 6.42. The van der Waals surface area contributed by atoms with Gasteiger partial charge in [-0.05, 0) is 42.0 Å². The first kappa shape index (κ1) is 23.0. The van der Waals surface area contributed by atoms with Crippen molar-refractivity contribution in [3.05, 3.63) is 94.5 Å². The molecule has 0 bridgehead atoms. The Bertz CT molecular complexity index is 1060. The van der Waals surface area contributed by atoms with E-state index in [0.29, 0.717) is 23.7 Å². The van der Waals surface area contributed by atoms with Gasteiger partial charge in [-0.2, -0.15) is 5.10 Å². The van der Waals surface area contributed by atoms with E-state index in [0.717, 1.165) is 10.0 Å². The molecule has 2 N–H and O–H groups in total. The molecule has 164 valence electrons. The summed E-state index contributed by atoms with van der Waals surface area (Å²) in [6.07, 6.45) is 1.50. The first-order chi connectivity index (χ1) is 15.6. The minimum atomic E-state index is -0.456. The van der Waals surface area contributed by atoms with E-state index < -0.39 is 11.8 Å². The molecule has 0 radical (unpaired) electrons. The molecule has 0 aromatic heterocycles. The maximum atomic E-state index is 11.9. The molecule has 32 heavy (non-hydrogen) atoms. The molecular formula is C24H22BrN3O4. The smallest absolute Gasteiger partial charge is 0.259 e. The fourth-order valence-electron chi connectivity index (χ4n) is 2.57. The van der Waals surface area contributed by atoms with E-state index in [2.05, 4.69) is 31.8 Å². The van der Waals surface area contributed by atoms with E-state index in [1.807, 2.05) is 66.7 Å². The summed E-state index contributed by atoms with van der Waals surface area (Å²) in [6.45, 7) is 0.0151. The van der Waals surface area contributed by atoms with Crippen LogP contribution in [0.2, 0.25) is 0 Å². The number of nitrogens with one attached hydrogen (secondary N) is 2. The number of carbonyl (C=O) groups excluding carboxylic acids is 2. The van der Waals surface area contributed by atoms with Crippen molar-refractivity contribution in [2.45, 2.75) is 6.61 Å². The van der Waals surface area contributed by atoms with Crippen molar-refractivity contribution in [2.24, 2.45) is 5.10 Å². The van der Waals surface area contributed by atoms with E-state index in [4.69, 9.17) is 9.47 Å². The first-order valence-corrected chi connectivity index (χ1v) is 10.6. The molecule has 3 rings (SSSR count). The van der Waals surface area contributed by atoms with Gasteiger partial charge in [0.2, 0.25) is 0 Å². The lowest BCUT2D eigenvalue weighted by Gasteiger charge is -2.09. The lowest BCUT2D eigenvalue weighted by molar-refractivity contribution is -0.127. The zero-order chi connectivity index (χ0) is 22.6. The number of para-hydroxylation sites is 2. The van der Waals surface area contributed by atoms with Gasteiger partial charge in [-0.15, -0.1) is 0 Å². The van der Waals surface area contributed by atoms with Crippen LogP contribution in [0.1, 0.15) is 11.1 Å². The van der Waals surface area contributed by atoms with Gasteiger partial charge < -0.3 is 14.8 Å². The van der Waals surface area contributed by atoms with Gasteiger partial charge in [-0.1, -0.05) is 58.4 Å². The van der Waals surface area contributed by atoms with Crippen molar-refractivity contribution in [3.63, 3.8) is 0 Å². The number of hydrogen-bond acceptors (Lipinski definition) is 5. The highest BCUT2D eigenvalue weighted by atomic mass is 79.9. The first-order valence-electron chi connectivity index (χ1n) is 9.83. The predicted molar refractivity (Wildman–Crippen MR) is 126 cm³/mol. The summed E-state index contributed by atoms with van der Waals surface area (Å²) in [5.74, 6) is 0.361. The van der Waals surface area contributed by atoms with E-state index in [9.17, 15) is 9.59 Å². The zero-order valence-corrected chi connectivity index (χ0v) is 18.7. The average molecular weight is 496 g/mol. The van der Waals surface area contributed by atoms with Crippen LogP contribution in [0.4, 0.5) is 0 Å². The Morgan fingerprint density at radius 2 is 1.59 bits per heavy atom. The topological polar surface area (TPSA) is 89.0 Å². The highest BCUT2D eigenvalue weighted by Gasteiger charge is 2.06. The SMILES string of the molecule is O=C(COc1ccccc1)NCC(=O)NN=Cc1ccccc1OCc1ccc(Br)cc1. The second-order valence-electron chi connectivity index (χ2n) is 6.62. The Balaban J connectivity index is 1.42. The van der Waals surface area contributed by atoms with Gasteiger partial charge in [-0.25, -0.2) is 5.43 Å². The molecule has 0 unspecified atom stereocenters. The summed E-state index contributed by atoms with van der Waals surface area (Å²) in [5.41, 5.74) is 4.12. The van der Waals surface area contributed by atoms with Gasteiger partial charge in [0.1, 0.15) is 18.1 Å². The summed E-state index contributed by atoms with van der Waals surface area (Å²) < 4.78 is 12.2. The average Bonchev–Trinajstić information content (AvgIpc) is 2.82. The molecule has 0 heterocycles. The predicted octanol–water partition coefficient (Wildman–Crippen LogP) is 3.67. The van der Waals surface area contributed by atoms with Crippen molar-refractivity contribution in [1.29, 1.82) is 0 Å². The number of halogens is 1. The Morgan fingerprint density at radius 3 is 2.38 bits per heavy atom. The molecule has 0 saturated carbocycles. The molecule has 0 atom stereocenters. The minimum absolute atomic E-state index is 0.177. The van der Waals surface area contributed by atoms with E-state index in [-0.39, 0.29) is 13.2 Å². The van der Waals surface area contributed by atoms with Gasteiger partial charge in [0.15, 0.2) is 6.61 Å². The van der Waals surface area contributed by atoms with E-state index >= 15 is 0 Å². The van der Waals surface area contributed by atoms with Gasteiger partial charge in [0.05, 0.1) is 12.8 Å². The van der Waals surface area contributed by atoms with Crippen LogP contribution in [0.5, 0.6) is 11.5 Å². The summed E-state index contributed by atoms with van der Waals surface area (Å²) in [6, 6.07) is 24.2. The number of rotatable bonds is 10. The third-order valence-corrected chi connectivity index (χ3v) is 4.71. The van der Waals surface area contributed by atoms with Gasteiger partial charge in [0.25, 0.3) is 11.8 Å². The molecule has 0 fully saturated rings. The van der Waals surface area contributed by atoms with Gasteiger partial charge >= 0.3 is 0 Å². The molecule has 0 saturated heterocycles. The van der Waals surface area contributed by atoms with Crippen LogP contribution in [0, 0.1) is 0 Å². The summed E-state index contributed by atoms with van der Waals surface area (Å²) in [4.78, 5) is 23.7. The van der Waals surface area contributed by atoms with Gasteiger partial charge in [-0.3, -0.25) is 9.59 Å². The molecule has 8 heteroatoms. The number of benzene rings is 3. The molecule has 0 aliphatic rings. The number of hydrazone groups is 1. The number of ether oxygens (including phenoxy) is 2. The molecule has 7 nitrogen and oxygen atoms in total. The Kier molecular flexibility index (Phi) is 8.82. The lowest BCUT2D eigenvalue weighted by atomic mass is 10.2. The zero-order valence-electron chi connectivity index (χ0n) is 17.2. The highest BCUT2D eigenvalue weighted by Crippen LogP contribution is 2.18. The minimum Gasteiger partial charge on any atom is -0.488 e. The molecule has 0 aliphatic carbocycles. The highest BCUT2D eigenvalue weighted by molar-refractivity contribution is 9.10. The molecule has 3 aromatic carbocycles. The third-order valence-electron chi connectivity index (χ3n) is 4.18. The van der Waals surface area contributed by atoms with E-state index in [1.54, 1.807) is 12.1 Å². The summed E-state index contributed by atoms with van der Waals surface area (Å²) in [7, 11) is 0. The van der Waals surface area contributed by atoms with Crippen LogP contribution in [-0.4, -0.2) is 31.2 Å². The quantitative estimate of drug-likeness (QED) is 0.331. The molecular weight excluding hydrogens is 474 g/mol. The molecule has 3 aromatic rings. The number of carbonyl (C=O) groups is 2. The second-order valence-corrected chi connectivity index (χ2v) is 7.54. The summed E-state index contributed by atoms with van der Waals surface area (Å²) >= 11 is 3.41. The van der Waals surface area contributed by atoms with Crippen LogP contribution < -0.4 is 20.2 Å². The van der Waals surface area contributed by atoms with Crippen molar-refractivity contribution >= 4 is 34.0 Å². The Labute approximate surface area is 194 Å². The van der Waals surface area contributed by atoms with Crippen molar-refractivity contribution in [1.82, 2.24) is 10.7 Å². The third kappa shape index (κ3) is 7.88. The van der Waals surface area contributed by atoms with E-state index in [1.165, 1.54) is 6.21 Å². The maximum absolute atomic E-state index is 11.9. The molecule has 0 aliphatic heterocycles.